The smallest absolute Gasteiger partial charge is 0.251 e. The van der Waals surface area contributed by atoms with E-state index in [4.69, 9.17) is 9.72 Å². The van der Waals surface area contributed by atoms with E-state index in [1.54, 1.807) is 18.4 Å². The van der Waals surface area contributed by atoms with Gasteiger partial charge in [0.1, 0.15) is 5.75 Å². The van der Waals surface area contributed by atoms with Crippen molar-refractivity contribution in [2.75, 3.05) is 33.3 Å². The Morgan fingerprint density at radius 2 is 1.91 bits per heavy atom. The van der Waals surface area contributed by atoms with Gasteiger partial charge >= 0.3 is 0 Å². The zero-order chi connectivity index (χ0) is 23.7. The lowest BCUT2D eigenvalue weighted by Gasteiger charge is -2.34. The number of amides is 1. The summed E-state index contributed by atoms with van der Waals surface area (Å²) < 4.78 is 8.41. The number of rotatable bonds is 7. The number of methoxy groups -OCH3 is 1. The molecule has 0 spiro atoms. The molecule has 1 amide bonds. The average molecular weight is 477 g/mol. The largest absolute Gasteiger partial charge is 0.497 e. The number of benzene rings is 2. The maximum atomic E-state index is 12.7. The van der Waals surface area contributed by atoms with Crippen molar-refractivity contribution in [2.45, 2.75) is 26.7 Å². The van der Waals surface area contributed by atoms with E-state index in [0.717, 1.165) is 57.0 Å². The molecule has 2 atom stereocenters. The van der Waals surface area contributed by atoms with Crippen LogP contribution in [0.1, 0.15) is 37.0 Å². The van der Waals surface area contributed by atoms with Gasteiger partial charge in [-0.2, -0.15) is 0 Å². The molecule has 1 aliphatic heterocycles. The van der Waals surface area contributed by atoms with Crippen molar-refractivity contribution < 1.29 is 9.53 Å². The molecule has 1 N–H and O–H groups in total. The molecule has 2 aromatic carbocycles. The highest BCUT2D eigenvalue weighted by Gasteiger charge is 2.21. The van der Waals surface area contributed by atoms with Gasteiger partial charge in [-0.3, -0.25) is 9.20 Å². The normalized spacial score (nSPS) is 19.0. The summed E-state index contributed by atoms with van der Waals surface area (Å²) in [6, 6.07) is 13.8. The Balaban J connectivity index is 1.22. The Morgan fingerprint density at radius 1 is 1.15 bits per heavy atom. The SMILES string of the molecule is COc1ccc(-c2cn3c(n2)sc2cc(C(=O)NCCCN4C[C@H](C)C[C@@H](C)C4)ccc23)cc1. The molecule has 1 fully saturated rings. The number of carbonyl (C=O) groups is 1. The number of nitrogens with zero attached hydrogens (tertiary/aromatic N) is 3. The highest BCUT2D eigenvalue weighted by Crippen LogP contribution is 2.30. The minimum atomic E-state index is -0.00718. The topological polar surface area (TPSA) is 58.9 Å². The minimum absolute atomic E-state index is 0.00718. The van der Waals surface area contributed by atoms with Crippen LogP contribution < -0.4 is 10.1 Å². The Bertz CT molecular complexity index is 1280. The van der Waals surface area contributed by atoms with Crippen LogP contribution in [-0.4, -0.2) is 53.5 Å². The number of carbonyl (C=O) groups excluding carboxylic acids is 1. The van der Waals surface area contributed by atoms with Crippen LogP contribution in [0.3, 0.4) is 0 Å². The van der Waals surface area contributed by atoms with Crippen molar-refractivity contribution in [3.63, 3.8) is 0 Å². The molecule has 0 saturated carbocycles. The molecule has 2 aromatic heterocycles. The third kappa shape index (κ3) is 4.81. The molecule has 4 aromatic rings. The lowest BCUT2D eigenvalue weighted by atomic mass is 9.92. The van der Waals surface area contributed by atoms with Crippen LogP contribution in [0.2, 0.25) is 0 Å². The third-order valence-electron chi connectivity index (χ3n) is 6.62. The van der Waals surface area contributed by atoms with E-state index in [2.05, 4.69) is 34.7 Å². The zero-order valence-electron chi connectivity index (χ0n) is 20.1. The predicted octanol–water partition coefficient (Wildman–Crippen LogP) is 5.32. The van der Waals surface area contributed by atoms with E-state index in [1.165, 1.54) is 19.5 Å². The standard InChI is InChI=1S/C27H32N4O2S/c1-18-13-19(2)16-30(15-18)12-4-11-28-26(32)21-7-10-24-25(14-21)34-27-29-23(17-31(24)27)20-5-8-22(33-3)9-6-20/h5-10,14,17-19H,4,11-13,15-16H2,1-3H3,(H,28,32)/t18-,19-/m1/s1. The summed E-state index contributed by atoms with van der Waals surface area (Å²) in [4.78, 5) is 21.0. The number of hydrogen-bond acceptors (Lipinski definition) is 5. The molecule has 6 nitrogen and oxygen atoms in total. The second-order valence-corrected chi connectivity index (χ2v) is 10.6. The maximum absolute atomic E-state index is 12.7. The summed E-state index contributed by atoms with van der Waals surface area (Å²) in [7, 11) is 1.67. The molecule has 7 heteroatoms. The average Bonchev–Trinajstić information content (AvgIpc) is 3.39. The lowest BCUT2D eigenvalue weighted by Crippen LogP contribution is -2.40. The summed E-state index contributed by atoms with van der Waals surface area (Å²) >= 11 is 1.60. The highest BCUT2D eigenvalue weighted by atomic mass is 32.1. The van der Waals surface area contributed by atoms with Crippen molar-refractivity contribution in [2.24, 2.45) is 11.8 Å². The first-order valence-corrected chi connectivity index (χ1v) is 12.9. The van der Waals surface area contributed by atoms with E-state index >= 15 is 0 Å². The minimum Gasteiger partial charge on any atom is -0.497 e. The van der Waals surface area contributed by atoms with Crippen molar-refractivity contribution in [3.8, 4) is 17.0 Å². The molecule has 0 radical (unpaired) electrons. The number of thiazole rings is 1. The van der Waals surface area contributed by atoms with E-state index in [0.29, 0.717) is 12.1 Å². The zero-order valence-corrected chi connectivity index (χ0v) is 20.9. The first-order chi connectivity index (χ1) is 16.5. The van der Waals surface area contributed by atoms with Crippen LogP contribution in [0.15, 0.2) is 48.7 Å². The van der Waals surface area contributed by atoms with Gasteiger partial charge in [-0.1, -0.05) is 25.2 Å². The van der Waals surface area contributed by atoms with Crippen molar-refractivity contribution in [3.05, 3.63) is 54.2 Å². The van der Waals surface area contributed by atoms with Crippen molar-refractivity contribution in [1.29, 1.82) is 0 Å². The monoisotopic (exact) mass is 476 g/mol. The van der Waals surface area contributed by atoms with Gasteiger partial charge in [-0.25, -0.2) is 4.98 Å². The number of hydrogen-bond donors (Lipinski definition) is 1. The van der Waals surface area contributed by atoms with Crippen LogP contribution in [0.5, 0.6) is 5.75 Å². The van der Waals surface area contributed by atoms with Gasteiger partial charge < -0.3 is 15.0 Å². The molecular formula is C27H32N4O2S. The highest BCUT2D eigenvalue weighted by molar-refractivity contribution is 7.23. The molecule has 178 valence electrons. The molecule has 5 rings (SSSR count). The molecule has 0 unspecified atom stereocenters. The fourth-order valence-corrected chi connectivity index (χ4v) is 6.17. The number of nitrogens with one attached hydrogen (secondary N) is 1. The molecular weight excluding hydrogens is 444 g/mol. The fourth-order valence-electron chi connectivity index (χ4n) is 5.12. The van der Waals surface area contributed by atoms with Crippen molar-refractivity contribution >= 4 is 32.4 Å². The van der Waals surface area contributed by atoms with Crippen LogP contribution in [0, 0.1) is 11.8 Å². The van der Waals surface area contributed by atoms with Gasteiger partial charge in [0.25, 0.3) is 5.91 Å². The third-order valence-corrected chi connectivity index (χ3v) is 7.64. The number of imidazole rings is 1. The molecule has 1 aliphatic rings. The van der Waals surface area contributed by atoms with Crippen LogP contribution in [0.4, 0.5) is 0 Å². The van der Waals surface area contributed by atoms with Gasteiger partial charge in [0.2, 0.25) is 0 Å². The predicted molar refractivity (Wildman–Crippen MR) is 139 cm³/mol. The number of fused-ring (bicyclic) bond motifs is 3. The van der Waals surface area contributed by atoms with E-state index in [1.807, 2.05) is 42.5 Å². The van der Waals surface area contributed by atoms with E-state index in [9.17, 15) is 4.79 Å². The Kier molecular flexibility index (Phi) is 6.57. The molecule has 3 heterocycles. The van der Waals surface area contributed by atoms with Crippen LogP contribution in [0.25, 0.3) is 26.4 Å². The first-order valence-electron chi connectivity index (χ1n) is 12.1. The first kappa shape index (κ1) is 22.9. The van der Waals surface area contributed by atoms with Gasteiger partial charge in [0.15, 0.2) is 4.96 Å². The Hall–Kier alpha value is -2.90. The Labute approximate surface area is 204 Å². The van der Waals surface area contributed by atoms with Gasteiger partial charge in [-0.15, -0.1) is 0 Å². The quantitative estimate of drug-likeness (QED) is 0.367. The molecule has 1 saturated heterocycles. The van der Waals surface area contributed by atoms with Crippen LogP contribution in [-0.2, 0) is 0 Å². The van der Waals surface area contributed by atoms with E-state index < -0.39 is 0 Å². The van der Waals surface area contributed by atoms with Gasteiger partial charge in [-0.05, 0) is 73.7 Å². The number of piperidine rings is 1. The molecule has 0 bridgehead atoms. The summed E-state index contributed by atoms with van der Waals surface area (Å²) in [5.41, 5.74) is 3.74. The summed E-state index contributed by atoms with van der Waals surface area (Å²) in [6.45, 7) is 8.77. The van der Waals surface area contributed by atoms with Crippen molar-refractivity contribution in [1.82, 2.24) is 19.6 Å². The number of likely N-dealkylation sites (tertiary alicyclic amines) is 1. The Morgan fingerprint density at radius 3 is 2.65 bits per heavy atom. The maximum Gasteiger partial charge on any atom is 0.251 e. The molecule has 0 aliphatic carbocycles. The summed E-state index contributed by atoms with van der Waals surface area (Å²) in [5, 5.41) is 3.10. The van der Waals surface area contributed by atoms with Gasteiger partial charge in [0, 0.05) is 37.0 Å². The number of aromatic nitrogens is 2. The molecule has 34 heavy (non-hydrogen) atoms. The lowest BCUT2D eigenvalue weighted by molar-refractivity contribution is 0.0947. The summed E-state index contributed by atoms with van der Waals surface area (Å²) in [6.07, 6.45) is 4.36. The van der Waals surface area contributed by atoms with Gasteiger partial charge in [0.05, 0.1) is 23.0 Å². The second-order valence-electron chi connectivity index (χ2n) is 9.61. The van der Waals surface area contributed by atoms with Crippen LogP contribution >= 0.6 is 11.3 Å². The fraction of sp³-hybridized carbons (Fsp3) is 0.407. The summed E-state index contributed by atoms with van der Waals surface area (Å²) in [5.74, 6) is 2.36. The van der Waals surface area contributed by atoms with E-state index in [-0.39, 0.29) is 5.91 Å². The second kappa shape index (κ2) is 9.76. The number of ether oxygens (including phenoxy) is 1.